The standard InChI is InChI=1S/C37H42N6O6/c1-21-14-16-42(34(45)48-36(3,4)5)29(21)31-40-26-13-12-24(19-27(26)41-31)33-38-20-28(47-33)23-10-9-11-25(18-23)39-32(44)30-22(2)15-17-43(30)35(46)49-37(6,7)8/h9-13,18-20,29-30H,1-2,14-17H2,3-8H3,(H,39,44)(H,40,41). The third kappa shape index (κ3) is 7.23. The fourth-order valence-electron chi connectivity index (χ4n) is 6.00. The summed E-state index contributed by atoms with van der Waals surface area (Å²) in [6.45, 7) is 20.0. The Morgan fingerprint density at radius 2 is 1.57 bits per heavy atom. The van der Waals surface area contributed by atoms with Gasteiger partial charge in [0.1, 0.15) is 29.1 Å². The van der Waals surface area contributed by atoms with E-state index in [4.69, 9.17) is 18.9 Å². The molecule has 12 nitrogen and oxygen atoms in total. The molecule has 0 spiro atoms. The Morgan fingerprint density at radius 3 is 2.29 bits per heavy atom. The summed E-state index contributed by atoms with van der Waals surface area (Å²) in [6.07, 6.45) is 1.86. The lowest BCUT2D eigenvalue weighted by Crippen LogP contribution is -2.45. The van der Waals surface area contributed by atoms with E-state index in [-0.39, 0.29) is 5.91 Å². The highest BCUT2D eigenvalue weighted by Gasteiger charge is 2.40. The number of carbonyl (C=O) groups excluding carboxylic acids is 3. The van der Waals surface area contributed by atoms with Crippen LogP contribution in [0.25, 0.3) is 33.8 Å². The number of fused-ring (bicyclic) bond motifs is 1. The minimum absolute atomic E-state index is 0.360. The van der Waals surface area contributed by atoms with E-state index in [0.717, 1.165) is 22.2 Å². The fraction of sp³-hybridized carbons (Fsp3) is 0.378. The predicted molar refractivity (Wildman–Crippen MR) is 186 cm³/mol. The van der Waals surface area contributed by atoms with Crippen LogP contribution in [-0.4, -0.2) is 73.2 Å². The number of nitrogens with zero attached hydrogens (tertiary/aromatic N) is 4. The average molecular weight is 667 g/mol. The molecule has 4 aromatic rings. The Morgan fingerprint density at radius 1 is 0.898 bits per heavy atom. The summed E-state index contributed by atoms with van der Waals surface area (Å²) in [4.78, 5) is 54.8. The van der Waals surface area contributed by atoms with Gasteiger partial charge in [-0.25, -0.2) is 19.6 Å². The van der Waals surface area contributed by atoms with Crippen molar-refractivity contribution in [1.29, 1.82) is 0 Å². The van der Waals surface area contributed by atoms with E-state index >= 15 is 0 Å². The van der Waals surface area contributed by atoms with Gasteiger partial charge in [0.2, 0.25) is 5.89 Å². The van der Waals surface area contributed by atoms with Gasteiger partial charge in [-0.3, -0.25) is 14.6 Å². The van der Waals surface area contributed by atoms with E-state index < -0.39 is 35.5 Å². The predicted octanol–water partition coefficient (Wildman–Crippen LogP) is 7.63. The van der Waals surface area contributed by atoms with Crippen molar-refractivity contribution in [2.45, 2.75) is 77.7 Å². The van der Waals surface area contributed by atoms with Gasteiger partial charge in [-0.05, 0) is 95.9 Å². The zero-order chi connectivity index (χ0) is 35.2. The first-order valence-corrected chi connectivity index (χ1v) is 16.3. The summed E-state index contributed by atoms with van der Waals surface area (Å²) in [7, 11) is 0. The number of imidazole rings is 1. The van der Waals surface area contributed by atoms with Crippen LogP contribution in [-0.2, 0) is 14.3 Å². The molecule has 0 bridgehead atoms. The number of ether oxygens (including phenoxy) is 2. The lowest BCUT2D eigenvalue weighted by atomic mass is 10.1. The van der Waals surface area contributed by atoms with Gasteiger partial charge in [0.25, 0.3) is 5.91 Å². The van der Waals surface area contributed by atoms with Crippen LogP contribution in [0.5, 0.6) is 0 Å². The first-order chi connectivity index (χ1) is 23.1. The Balaban J connectivity index is 1.18. The quantitative estimate of drug-likeness (QED) is 0.207. The van der Waals surface area contributed by atoms with Crippen LogP contribution in [0.4, 0.5) is 15.3 Å². The van der Waals surface area contributed by atoms with E-state index in [1.165, 1.54) is 4.90 Å². The molecule has 2 aromatic heterocycles. The van der Waals surface area contributed by atoms with Crippen molar-refractivity contribution in [1.82, 2.24) is 24.8 Å². The monoisotopic (exact) mass is 666 g/mol. The normalized spacial score (nSPS) is 18.3. The average Bonchev–Trinajstić information content (AvgIpc) is 3.80. The number of oxazole rings is 1. The maximum Gasteiger partial charge on any atom is 0.411 e. The molecule has 2 unspecified atom stereocenters. The van der Waals surface area contributed by atoms with Crippen molar-refractivity contribution in [3.05, 3.63) is 78.8 Å². The number of rotatable bonds is 5. The highest BCUT2D eigenvalue weighted by Crippen LogP contribution is 2.37. The number of anilines is 1. The first-order valence-electron chi connectivity index (χ1n) is 16.3. The Hall–Kier alpha value is -5.39. The summed E-state index contributed by atoms with van der Waals surface area (Å²) in [5.74, 6) is 1.15. The van der Waals surface area contributed by atoms with Crippen molar-refractivity contribution in [2.75, 3.05) is 18.4 Å². The molecule has 2 N–H and O–H groups in total. The number of aromatic nitrogens is 3. The molecule has 2 aromatic carbocycles. The van der Waals surface area contributed by atoms with Crippen LogP contribution in [0.3, 0.4) is 0 Å². The summed E-state index contributed by atoms with van der Waals surface area (Å²) in [6, 6.07) is 11.6. The maximum atomic E-state index is 13.4. The molecule has 3 amide bonds. The molecule has 0 aliphatic carbocycles. The minimum atomic E-state index is -0.833. The maximum absolute atomic E-state index is 13.4. The Labute approximate surface area is 285 Å². The molecule has 256 valence electrons. The highest BCUT2D eigenvalue weighted by atomic mass is 16.6. The van der Waals surface area contributed by atoms with Crippen molar-refractivity contribution in [3.63, 3.8) is 0 Å². The second kappa shape index (κ2) is 12.6. The number of amides is 3. The molecule has 2 fully saturated rings. The van der Waals surface area contributed by atoms with Crippen LogP contribution in [0.15, 0.2) is 77.4 Å². The summed E-state index contributed by atoms with van der Waals surface area (Å²) in [5, 5.41) is 2.92. The van der Waals surface area contributed by atoms with Gasteiger partial charge < -0.3 is 24.2 Å². The van der Waals surface area contributed by atoms with E-state index in [1.54, 1.807) is 50.1 Å². The lowest BCUT2D eigenvalue weighted by Gasteiger charge is -2.28. The Bertz CT molecular complexity index is 1960. The van der Waals surface area contributed by atoms with Gasteiger partial charge in [-0.2, -0.15) is 0 Å². The van der Waals surface area contributed by atoms with Crippen LogP contribution >= 0.6 is 0 Å². The van der Waals surface area contributed by atoms with E-state index in [0.29, 0.717) is 60.2 Å². The molecule has 12 heteroatoms. The number of nitrogens with one attached hydrogen (secondary N) is 2. The lowest BCUT2D eigenvalue weighted by molar-refractivity contribution is -0.119. The Kier molecular flexibility index (Phi) is 8.60. The number of hydrogen-bond acceptors (Lipinski definition) is 8. The smallest absolute Gasteiger partial charge is 0.411 e. The number of hydrogen-bond donors (Lipinski definition) is 2. The highest BCUT2D eigenvalue weighted by molar-refractivity contribution is 5.99. The summed E-state index contributed by atoms with van der Waals surface area (Å²) in [5.41, 5.74) is 3.69. The second-order valence-corrected chi connectivity index (χ2v) is 14.4. The van der Waals surface area contributed by atoms with Crippen LogP contribution in [0.2, 0.25) is 0 Å². The molecule has 0 saturated carbocycles. The number of likely N-dealkylation sites (tertiary alicyclic amines) is 2. The second-order valence-electron chi connectivity index (χ2n) is 14.4. The van der Waals surface area contributed by atoms with E-state index in [2.05, 4.69) is 28.4 Å². The molecule has 2 aliphatic rings. The number of benzene rings is 2. The van der Waals surface area contributed by atoms with Crippen molar-refractivity contribution < 1.29 is 28.3 Å². The molecular weight excluding hydrogens is 624 g/mol. The molecule has 2 saturated heterocycles. The van der Waals surface area contributed by atoms with Gasteiger partial charge in [-0.15, -0.1) is 0 Å². The zero-order valence-electron chi connectivity index (χ0n) is 28.8. The fourth-order valence-corrected chi connectivity index (χ4v) is 6.00. The molecular formula is C37H42N6O6. The third-order valence-corrected chi connectivity index (χ3v) is 8.18. The summed E-state index contributed by atoms with van der Waals surface area (Å²) < 4.78 is 17.3. The van der Waals surface area contributed by atoms with Gasteiger partial charge >= 0.3 is 12.2 Å². The number of H-pyrrole nitrogens is 1. The van der Waals surface area contributed by atoms with Crippen molar-refractivity contribution in [2.24, 2.45) is 0 Å². The number of aromatic amines is 1. The van der Waals surface area contributed by atoms with Gasteiger partial charge in [0, 0.05) is 29.9 Å². The molecule has 6 rings (SSSR count). The topological polar surface area (TPSA) is 143 Å². The van der Waals surface area contributed by atoms with Crippen LogP contribution in [0, 0.1) is 0 Å². The van der Waals surface area contributed by atoms with Crippen molar-refractivity contribution in [3.8, 4) is 22.8 Å². The van der Waals surface area contributed by atoms with Gasteiger partial charge in [0.15, 0.2) is 5.76 Å². The largest absolute Gasteiger partial charge is 0.444 e. The molecule has 2 aliphatic heterocycles. The summed E-state index contributed by atoms with van der Waals surface area (Å²) >= 11 is 0. The van der Waals surface area contributed by atoms with Gasteiger partial charge in [-0.1, -0.05) is 25.3 Å². The zero-order valence-corrected chi connectivity index (χ0v) is 28.8. The molecule has 2 atom stereocenters. The first kappa shape index (κ1) is 33.5. The van der Waals surface area contributed by atoms with Gasteiger partial charge in [0.05, 0.1) is 17.2 Å². The van der Waals surface area contributed by atoms with Crippen LogP contribution < -0.4 is 5.32 Å². The van der Waals surface area contributed by atoms with E-state index in [1.807, 2.05) is 45.0 Å². The van der Waals surface area contributed by atoms with E-state index in [9.17, 15) is 14.4 Å². The minimum Gasteiger partial charge on any atom is -0.444 e. The van der Waals surface area contributed by atoms with Crippen molar-refractivity contribution >= 4 is 34.8 Å². The molecule has 0 radical (unpaired) electrons. The SMILES string of the molecule is C=C1CCN(C(=O)OC(C)(C)C)C1C(=O)Nc1cccc(-c2cnc(-c3ccc4nc(C5C(=C)CCN5C(=O)OC(C)(C)C)[nH]c4c3)o2)c1. The molecule has 49 heavy (non-hydrogen) atoms. The molecule has 4 heterocycles. The third-order valence-electron chi connectivity index (χ3n) is 8.18. The number of carbonyl (C=O) groups is 3. The van der Waals surface area contributed by atoms with Crippen LogP contribution in [0.1, 0.15) is 66.3 Å².